The first-order chi connectivity index (χ1) is 19.1. The van der Waals surface area contributed by atoms with Gasteiger partial charge in [0.05, 0.1) is 12.1 Å². The largest absolute Gasteiger partial charge is 0.444 e. The predicted octanol–water partition coefficient (Wildman–Crippen LogP) is 5.02. The van der Waals surface area contributed by atoms with Crippen molar-refractivity contribution >= 4 is 17.7 Å². The van der Waals surface area contributed by atoms with E-state index in [4.69, 9.17) is 4.74 Å². The van der Waals surface area contributed by atoms with Gasteiger partial charge < -0.3 is 19.7 Å². The molecule has 2 aromatic carbocycles. The van der Waals surface area contributed by atoms with Crippen LogP contribution in [0.4, 0.5) is 10.5 Å². The lowest BCUT2D eigenvalue weighted by Gasteiger charge is -2.35. The molecule has 0 unspecified atom stereocenters. The van der Waals surface area contributed by atoms with Crippen molar-refractivity contribution < 1.29 is 19.4 Å². The number of aromatic nitrogens is 1. The maximum Gasteiger partial charge on any atom is 0.410 e. The second kappa shape index (κ2) is 11.3. The van der Waals surface area contributed by atoms with Crippen molar-refractivity contribution in [3.63, 3.8) is 0 Å². The van der Waals surface area contributed by atoms with Gasteiger partial charge in [-0.25, -0.2) is 4.79 Å². The first kappa shape index (κ1) is 27.6. The van der Waals surface area contributed by atoms with Crippen LogP contribution in [-0.4, -0.2) is 44.3 Å². The molecule has 0 saturated carbocycles. The van der Waals surface area contributed by atoms with E-state index in [1.165, 1.54) is 6.07 Å². The van der Waals surface area contributed by atoms with Crippen LogP contribution in [0.3, 0.4) is 0 Å². The number of aliphatic hydroxyl groups excluding tert-OH is 1. The number of fused-ring (bicyclic) bond motifs is 1. The van der Waals surface area contributed by atoms with Crippen molar-refractivity contribution in [3.8, 4) is 0 Å². The second-order valence-corrected chi connectivity index (χ2v) is 11.7. The predicted molar refractivity (Wildman–Crippen MR) is 153 cm³/mol. The standard InChI is InChI=1S/C32H37N3O5/c1-32(2,3)40-31(39)35-25(17-18-26(35)29(37)22-8-5-4-6-9-22)20-21-12-14-23(15-13-21)33-30(38)27-19-16-24-10-7-11-28(36)34(24)27/h4-15,25-27,29,37H,16-20H2,1-3H3,(H,33,38)/t25-,26+,27-,29+/m0/s1. The molecule has 8 heteroatoms. The highest BCUT2D eigenvalue weighted by Gasteiger charge is 2.43. The van der Waals surface area contributed by atoms with Gasteiger partial charge in [-0.05, 0) is 82.2 Å². The van der Waals surface area contributed by atoms with Crippen molar-refractivity contribution in [2.45, 2.75) is 82.7 Å². The molecule has 5 rings (SSSR count). The minimum absolute atomic E-state index is 0.138. The van der Waals surface area contributed by atoms with E-state index >= 15 is 0 Å². The average Bonchev–Trinajstić information content (AvgIpc) is 3.54. The third kappa shape index (κ3) is 5.97. The Hall–Kier alpha value is -3.91. The zero-order valence-electron chi connectivity index (χ0n) is 23.2. The van der Waals surface area contributed by atoms with Gasteiger partial charge in [-0.1, -0.05) is 48.5 Å². The summed E-state index contributed by atoms with van der Waals surface area (Å²) in [5, 5.41) is 14.1. The fourth-order valence-corrected chi connectivity index (χ4v) is 5.88. The Balaban J connectivity index is 1.28. The molecule has 210 valence electrons. The van der Waals surface area contributed by atoms with Crippen LogP contribution in [0.2, 0.25) is 0 Å². The molecule has 1 fully saturated rings. The highest BCUT2D eigenvalue weighted by atomic mass is 16.6. The van der Waals surface area contributed by atoms with E-state index in [0.717, 1.165) is 23.2 Å². The first-order valence-electron chi connectivity index (χ1n) is 14.0. The minimum atomic E-state index is -0.815. The van der Waals surface area contributed by atoms with Gasteiger partial charge in [0.1, 0.15) is 11.6 Å². The Kier molecular flexibility index (Phi) is 7.81. The number of carbonyl (C=O) groups is 2. The van der Waals surface area contributed by atoms with Crippen LogP contribution in [0.15, 0.2) is 77.6 Å². The Bertz CT molecular complexity index is 1410. The molecule has 8 nitrogen and oxygen atoms in total. The third-order valence-electron chi connectivity index (χ3n) is 7.71. The fraction of sp³-hybridized carbons (Fsp3) is 0.406. The molecule has 40 heavy (non-hydrogen) atoms. The van der Waals surface area contributed by atoms with Gasteiger partial charge in [-0.15, -0.1) is 0 Å². The number of benzene rings is 2. The number of carbonyl (C=O) groups excluding carboxylic acids is 2. The van der Waals surface area contributed by atoms with Crippen LogP contribution >= 0.6 is 0 Å². The van der Waals surface area contributed by atoms with Gasteiger partial charge in [-0.3, -0.25) is 14.5 Å². The number of anilines is 1. The van der Waals surface area contributed by atoms with Crippen LogP contribution in [0.5, 0.6) is 0 Å². The molecule has 2 N–H and O–H groups in total. The smallest absolute Gasteiger partial charge is 0.410 e. The minimum Gasteiger partial charge on any atom is -0.444 e. The average molecular weight is 544 g/mol. The zero-order chi connectivity index (χ0) is 28.4. The second-order valence-electron chi connectivity index (χ2n) is 11.7. The number of ether oxygens (including phenoxy) is 1. The van der Waals surface area contributed by atoms with E-state index in [9.17, 15) is 19.5 Å². The van der Waals surface area contributed by atoms with E-state index in [1.54, 1.807) is 15.5 Å². The lowest BCUT2D eigenvalue weighted by Crippen LogP contribution is -2.47. The summed E-state index contributed by atoms with van der Waals surface area (Å²) >= 11 is 0. The molecule has 2 aliphatic heterocycles. The van der Waals surface area contributed by atoms with E-state index in [0.29, 0.717) is 31.4 Å². The summed E-state index contributed by atoms with van der Waals surface area (Å²) in [6.45, 7) is 5.52. The monoisotopic (exact) mass is 543 g/mol. The molecule has 0 aliphatic carbocycles. The normalized spacial score (nSPS) is 21.1. The number of pyridine rings is 1. The Morgan fingerprint density at radius 2 is 1.70 bits per heavy atom. The molecule has 0 bridgehead atoms. The van der Waals surface area contributed by atoms with Crippen molar-refractivity contribution in [1.82, 2.24) is 9.47 Å². The van der Waals surface area contributed by atoms with Crippen LogP contribution < -0.4 is 10.9 Å². The van der Waals surface area contributed by atoms with Gasteiger partial charge in [-0.2, -0.15) is 0 Å². The lowest BCUT2D eigenvalue weighted by atomic mass is 10.0. The maximum atomic E-state index is 13.3. The molecule has 4 atom stereocenters. The first-order valence-corrected chi connectivity index (χ1v) is 14.0. The molecule has 3 heterocycles. The molecular weight excluding hydrogens is 506 g/mol. The molecular formula is C32H37N3O5. The van der Waals surface area contributed by atoms with E-state index in [1.807, 2.05) is 81.4 Å². The van der Waals surface area contributed by atoms with Crippen molar-refractivity contribution in [2.24, 2.45) is 0 Å². The van der Waals surface area contributed by atoms with E-state index < -0.39 is 29.9 Å². The van der Waals surface area contributed by atoms with Crippen molar-refractivity contribution in [2.75, 3.05) is 5.32 Å². The topological polar surface area (TPSA) is 101 Å². The molecule has 2 amide bonds. The number of hydrogen-bond donors (Lipinski definition) is 2. The summed E-state index contributed by atoms with van der Waals surface area (Å²) in [6.07, 6.45) is 2.05. The van der Waals surface area contributed by atoms with E-state index in [2.05, 4.69) is 5.32 Å². The summed E-state index contributed by atoms with van der Waals surface area (Å²) in [5.41, 5.74) is 2.50. The highest BCUT2D eigenvalue weighted by Crippen LogP contribution is 2.36. The number of nitrogens with one attached hydrogen (secondary N) is 1. The molecule has 0 radical (unpaired) electrons. The Morgan fingerprint density at radius 3 is 2.40 bits per heavy atom. The summed E-state index contributed by atoms with van der Waals surface area (Å²) in [7, 11) is 0. The molecule has 1 saturated heterocycles. The Labute approximate surface area is 234 Å². The van der Waals surface area contributed by atoms with E-state index in [-0.39, 0.29) is 17.5 Å². The molecule has 2 aliphatic rings. The molecule has 1 aromatic heterocycles. The van der Waals surface area contributed by atoms with Crippen LogP contribution in [0, 0.1) is 0 Å². The number of likely N-dealkylation sites (tertiary alicyclic amines) is 1. The number of rotatable bonds is 6. The third-order valence-corrected chi connectivity index (χ3v) is 7.71. The zero-order valence-corrected chi connectivity index (χ0v) is 23.2. The number of hydrogen-bond acceptors (Lipinski definition) is 5. The summed E-state index contributed by atoms with van der Waals surface area (Å²) in [5.74, 6) is -0.204. The SMILES string of the molecule is CC(C)(C)OC(=O)N1[C@H](Cc2ccc(NC(=O)[C@@H]3CCc4cccc(=O)n43)cc2)CC[C@@H]1[C@H](O)c1ccccc1. The van der Waals surface area contributed by atoms with Crippen molar-refractivity contribution in [3.05, 3.63) is 100.0 Å². The number of aryl methyl sites for hydroxylation is 1. The van der Waals surface area contributed by atoms with Crippen molar-refractivity contribution in [1.29, 1.82) is 0 Å². The summed E-state index contributed by atoms with van der Waals surface area (Å²) < 4.78 is 7.33. The lowest BCUT2D eigenvalue weighted by molar-refractivity contribution is -0.119. The Morgan fingerprint density at radius 1 is 0.975 bits per heavy atom. The number of aliphatic hydroxyl groups is 1. The fourth-order valence-electron chi connectivity index (χ4n) is 5.88. The van der Waals surface area contributed by atoms with Crippen LogP contribution in [0.25, 0.3) is 0 Å². The molecule has 3 aromatic rings. The van der Waals surface area contributed by atoms with Gasteiger partial charge in [0.25, 0.3) is 5.56 Å². The maximum absolute atomic E-state index is 13.3. The number of nitrogens with zero attached hydrogens (tertiary/aromatic N) is 2. The van der Waals surface area contributed by atoms with Gasteiger partial charge in [0.15, 0.2) is 0 Å². The molecule has 0 spiro atoms. The van der Waals surface area contributed by atoms with Crippen LogP contribution in [-0.2, 0) is 22.4 Å². The quantitative estimate of drug-likeness (QED) is 0.455. The summed E-state index contributed by atoms with van der Waals surface area (Å²) in [4.78, 5) is 40.4. The summed E-state index contributed by atoms with van der Waals surface area (Å²) in [6, 6.07) is 21.0. The highest BCUT2D eigenvalue weighted by molar-refractivity contribution is 5.94. The van der Waals surface area contributed by atoms with Gasteiger partial charge >= 0.3 is 6.09 Å². The number of amides is 2. The van der Waals surface area contributed by atoms with Crippen LogP contribution in [0.1, 0.15) is 69.0 Å². The van der Waals surface area contributed by atoms with Gasteiger partial charge in [0.2, 0.25) is 5.91 Å². The van der Waals surface area contributed by atoms with Gasteiger partial charge in [0, 0.05) is 23.5 Å².